The zero-order chi connectivity index (χ0) is 18.5. The van der Waals surface area contributed by atoms with E-state index in [0.29, 0.717) is 6.54 Å². The second kappa shape index (κ2) is 8.50. The van der Waals surface area contributed by atoms with E-state index < -0.39 is 0 Å². The van der Waals surface area contributed by atoms with Gasteiger partial charge in [-0.3, -0.25) is 4.79 Å². The molecule has 1 aliphatic carbocycles. The number of hydrogen-bond donors (Lipinski definition) is 1. The minimum Gasteiger partial charge on any atom is -0.356 e. The van der Waals surface area contributed by atoms with Gasteiger partial charge in [0.2, 0.25) is 5.91 Å². The van der Waals surface area contributed by atoms with Gasteiger partial charge in [-0.1, -0.05) is 11.6 Å². The molecule has 0 saturated carbocycles. The summed E-state index contributed by atoms with van der Waals surface area (Å²) < 4.78 is 1.68. The third-order valence-corrected chi connectivity index (χ3v) is 5.51. The van der Waals surface area contributed by atoms with Crippen LogP contribution in [0.1, 0.15) is 51.4 Å². The summed E-state index contributed by atoms with van der Waals surface area (Å²) in [5.41, 5.74) is 2.21. The average Bonchev–Trinajstić information content (AvgIpc) is 3.12. The van der Waals surface area contributed by atoms with Crippen molar-refractivity contribution in [2.45, 2.75) is 57.9 Å². The van der Waals surface area contributed by atoms with Gasteiger partial charge in [-0.05, 0) is 51.4 Å². The molecule has 1 fully saturated rings. The normalized spacial score (nSPS) is 17.8. The van der Waals surface area contributed by atoms with Gasteiger partial charge < -0.3 is 10.2 Å². The van der Waals surface area contributed by atoms with E-state index in [4.69, 9.17) is 0 Å². The largest absolute Gasteiger partial charge is 0.356 e. The van der Waals surface area contributed by atoms with E-state index in [0.717, 1.165) is 36.4 Å². The summed E-state index contributed by atoms with van der Waals surface area (Å²) in [6.07, 6.45) is 15.2. The van der Waals surface area contributed by atoms with E-state index in [9.17, 15) is 4.79 Å². The summed E-state index contributed by atoms with van der Waals surface area (Å²) in [5, 5.41) is 8.35. The molecule has 1 aliphatic heterocycles. The Hall–Kier alpha value is -2.44. The molecule has 1 saturated heterocycles. The van der Waals surface area contributed by atoms with Crippen LogP contribution in [-0.4, -0.2) is 45.3 Å². The van der Waals surface area contributed by atoms with E-state index in [1.807, 2.05) is 0 Å². The summed E-state index contributed by atoms with van der Waals surface area (Å²) in [5.74, 6) is 0.921. The van der Waals surface area contributed by atoms with Gasteiger partial charge in [0.05, 0.1) is 11.6 Å². The van der Waals surface area contributed by atoms with E-state index >= 15 is 0 Å². The highest BCUT2D eigenvalue weighted by Gasteiger charge is 2.18. The first-order chi connectivity index (χ1) is 13.3. The number of anilines is 1. The minimum atomic E-state index is -0.0189. The smallest absolute Gasteiger partial charge is 0.241 e. The molecule has 2 aromatic rings. The maximum Gasteiger partial charge on any atom is 0.241 e. The van der Waals surface area contributed by atoms with Crippen LogP contribution in [0, 0.1) is 0 Å². The van der Waals surface area contributed by atoms with E-state index in [2.05, 4.69) is 31.4 Å². The van der Waals surface area contributed by atoms with E-state index in [-0.39, 0.29) is 12.5 Å². The second-order valence-corrected chi connectivity index (χ2v) is 7.49. The number of piperidine rings is 1. The Morgan fingerprint density at radius 3 is 2.81 bits per heavy atom. The third-order valence-electron chi connectivity index (χ3n) is 5.51. The summed E-state index contributed by atoms with van der Waals surface area (Å²) in [4.78, 5) is 23.5. The fraction of sp³-hybridized carbons (Fsp3) is 0.600. The fourth-order valence-corrected chi connectivity index (χ4v) is 4.04. The van der Waals surface area contributed by atoms with Crippen LogP contribution in [0.15, 0.2) is 24.2 Å². The molecule has 27 heavy (non-hydrogen) atoms. The number of rotatable bonds is 6. The Kier molecular flexibility index (Phi) is 5.65. The van der Waals surface area contributed by atoms with Crippen molar-refractivity contribution in [2.24, 2.45) is 0 Å². The maximum absolute atomic E-state index is 12.3. The van der Waals surface area contributed by atoms with Gasteiger partial charge in [-0.15, -0.1) is 0 Å². The van der Waals surface area contributed by atoms with E-state index in [1.54, 1.807) is 17.2 Å². The first-order valence-electron chi connectivity index (χ1n) is 10.2. The van der Waals surface area contributed by atoms with Crippen molar-refractivity contribution in [3.05, 3.63) is 24.2 Å². The Morgan fingerprint density at radius 1 is 1.11 bits per heavy atom. The molecule has 7 heteroatoms. The Bertz CT molecular complexity index is 821. The van der Waals surface area contributed by atoms with Crippen molar-refractivity contribution in [1.82, 2.24) is 25.1 Å². The summed E-state index contributed by atoms with van der Waals surface area (Å²) in [6, 6.07) is 0. The van der Waals surface area contributed by atoms with Crippen molar-refractivity contribution >= 4 is 22.8 Å². The van der Waals surface area contributed by atoms with Crippen LogP contribution in [0.4, 0.5) is 5.82 Å². The number of aromatic nitrogens is 4. The summed E-state index contributed by atoms with van der Waals surface area (Å²) in [6.45, 7) is 2.93. The van der Waals surface area contributed by atoms with Crippen molar-refractivity contribution in [1.29, 1.82) is 0 Å². The zero-order valence-electron chi connectivity index (χ0n) is 15.9. The Labute approximate surface area is 159 Å². The van der Waals surface area contributed by atoms with Crippen LogP contribution in [-0.2, 0) is 11.3 Å². The molecule has 0 spiro atoms. The highest BCUT2D eigenvalue weighted by molar-refractivity contribution is 5.87. The van der Waals surface area contributed by atoms with E-state index in [1.165, 1.54) is 50.5 Å². The third kappa shape index (κ3) is 4.28. The van der Waals surface area contributed by atoms with Crippen LogP contribution in [0.5, 0.6) is 0 Å². The number of amides is 1. The zero-order valence-corrected chi connectivity index (χ0v) is 15.9. The molecule has 0 radical (unpaired) electrons. The Morgan fingerprint density at radius 2 is 2.00 bits per heavy atom. The minimum absolute atomic E-state index is 0.0189. The van der Waals surface area contributed by atoms with Gasteiger partial charge in [0.1, 0.15) is 18.7 Å². The van der Waals surface area contributed by atoms with Crippen LogP contribution in [0.3, 0.4) is 0 Å². The predicted octanol–water partition coefficient (Wildman–Crippen LogP) is 2.82. The number of hydrogen-bond acceptors (Lipinski definition) is 5. The van der Waals surface area contributed by atoms with Crippen molar-refractivity contribution < 1.29 is 4.79 Å². The molecule has 0 aromatic carbocycles. The summed E-state index contributed by atoms with van der Waals surface area (Å²) >= 11 is 0. The molecule has 7 nitrogen and oxygen atoms in total. The number of nitrogens with zero attached hydrogens (tertiary/aromatic N) is 5. The Balaban J connectivity index is 1.38. The first-order valence-corrected chi connectivity index (χ1v) is 10.2. The molecule has 1 amide bonds. The SMILES string of the molecule is O=C(Cn1ncc2c(N3CCCCC3)ncnc21)NCCC1=CCCCC1. The number of carbonyl (C=O) groups excluding carboxylic acids is 1. The lowest BCUT2D eigenvalue weighted by Gasteiger charge is -2.27. The van der Waals surface area contributed by atoms with Crippen LogP contribution >= 0.6 is 0 Å². The number of allylic oxidation sites excluding steroid dienone is 1. The van der Waals surface area contributed by atoms with Gasteiger partial charge in [-0.2, -0.15) is 5.10 Å². The van der Waals surface area contributed by atoms with Gasteiger partial charge in [0, 0.05) is 19.6 Å². The molecule has 2 aliphatic rings. The lowest BCUT2D eigenvalue weighted by Crippen LogP contribution is -2.30. The van der Waals surface area contributed by atoms with Gasteiger partial charge in [0.15, 0.2) is 5.65 Å². The topological polar surface area (TPSA) is 75.9 Å². The standard InChI is InChI=1S/C20H28N6O/c27-18(21-10-9-16-7-3-1-4-8-16)14-26-20-17(13-24-26)19(22-15-23-20)25-11-5-2-6-12-25/h7,13,15H,1-6,8-12,14H2,(H,21,27). The lowest BCUT2D eigenvalue weighted by atomic mass is 9.97. The molecule has 0 unspecified atom stereocenters. The monoisotopic (exact) mass is 368 g/mol. The van der Waals surface area contributed by atoms with Crippen LogP contribution < -0.4 is 10.2 Å². The fourth-order valence-electron chi connectivity index (χ4n) is 4.04. The molecule has 144 valence electrons. The van der Waals surface area contributed by atoms with Crippen molar-refractivity contribution in [3.8, 4) is 0 Å². The predicted molar refractivity (Wildman–Crippen MR) is 106 cm³/mol. The van der Waals surface area contributed by atoms with Crippen molar-refractivity contribution in [3.63, 3.8) is 0 Å². The molecule has 0 bridgehead atoms. The van der Waals surface area contributed by atoms with Gasteiger partial charge in [0.25, 0.3) is 0 Å². The molecule has 0 atom stereocenters. The molecule has 4 rings (SSSR count). The average molecular weight is 368 g/mol. The van der Waals surface area contributed by atoms with Crippen LogP contribution in [0.25, 0.3) is 11.0 Å². The van der Waals surface area contributed by atoms with Crippen LogP contribution in [0.2, 0.25) is 0 Å². The quantitative estimate of drug-likeness (QED) is 0.794. The number of nitrogens with one attached hydrogen (secondary N) is 1. The molecular weight excluding hydrogens is 340 g/mol. The number of carbonyl (C=O) groups is 1. The first kappa shape index (κ1) is 17.9. The van der Waals surface area contributed by atoms with Gasteiger partial charge >= 0.3 is 0 Å². The van der Waals surface area contributed by atoms with Gasteiger partial charge in [-0.25, -0.2) is 14.6 Å². The number of fused-ring (bicyclic) bond motifs is 1. The highest BCUT2D eigenvalue weighted by Crippen LogP contribution is 2.25. The molecule has 3 heterocycles. The molecular formula is C20H28N6O. The molecule has 1 N–H and O–H groups in total. The molecule has 2 aromatic heterocycles. The van der Waals surface area contributed by atoms with Crippen molar-refractivity contribution in [2.75, 3.05) is 24.5 Å². The highest BCUT2D eigenvalue weighted by atomic mass is 16.2. The summed E-state index contributed by atoms with van der Waals surface area (Å²) in [7, 11) is 0. The second-order valence-electron chi connectivity index (χ2n) is 7.49. The maximum atomic E-state index is 12.3. The lowest BCUT2D eigenvalue weighted by molar-refractivity contribution is -0.121.